The van der Waals surface area contributed by atoms with Crippen LogP contribution >= 0.6 is 7.37 Å². The second kappa shape index (κ2) is 3.87. The molecule has 1 N–H and O–H groups in total. The summed E-state index contributed by atoms with van der Waals surface area (Å²) in [4.78, 5) is 0. The number of aliphatic hydroxyl groups excluding tert-OH is 1. The molecule has 2 heterocycles. The van der Waals surface area contributed by atoms with E-state index in [1.165, 1.54) is 0 Å². The summed E-state index contributed by atoms with van der Waals surface area (Å²) >= 11 is 0. The minimum atomic E-state index is -2.45. The second-order valence-corrected chi connectivity index (χ2v) is 7.72. The quantitative estimate of drug-likeness (QED) is 0.757. The molecule has 1 aliphatic carbocycles. The zero-order valence-corrected chi connectivity index (χ0v) is 10.6. The smallest absolute Gasteiger partial charge is 0.207 e. The van der Waals surface area contributed by atoms with Gasteiger partial charge in [0.05, 0.1) is 12.7 Å². The first-order chi connectivity index (χ1) is 7.03. The molecule has 0 aromatic rings. The lowest BCUT2D eigenvalue weighted by atomic mass is 9.68. The van der Waals surface area contributed by atoms with Crippen LogP contribution in [0.2, 0.25) is 0 Å². The van der Waals surface area contributed by atoms with Crippen LogP contribution in [-0.4, -0.2) is 29.6 Å². The van der Waals surface area contributed by atoms with Gasteiger partial charge in [-0.3, -0.25) is 4.57 Å². The number of fused-ring (bicyclic) bond motifs is 1. The van der Waals surface area contributed by atoms with Gasteiger partial charge in [-0.15, -0.1) is 0 Å². The summed E-state index contributed by atoms with van der Waals surface area (Å²) < 4.78 is 18.3. The van der Waals surface area contributed by atoms with Gasteiger partial charge in [0.1, 0.15) is 0 Å². The molecule has 1 saturated carbocycles. The van der Waals surface area contributed by atoms with Crippen molar-refractivity contribution >= 4 is 7.37 Å². The Balaban J connectivity index is 2.07. The van der Waals surface area contributed by atoms with Gasteiger partial charge in [-0.1, -0.05) is 20.8 Å². The molecule has 0 spiro atoms. The van der Waals surface area contributed by atoms with Gasteiger partial charge in [-0.2, -0.15) is 0 Å². The molecule has 0 aromatic carbocycles. The maximum Gasteiger partial charge on any atom is 0.207 e. The van der Waals surface area contributed by atoms with E-state index in [2.05, 4.69) is 13.8 Å². The molecule has 4 unspecified atom stereocenters. The molecule has 3 fully saturated rings. The first kappa shape index (κ1) is 11.6. The molecule has 3 aliphatic rings. The van der Waals surface area contributed by atoms with E-state index < -0.39 is 7.37 Å². The standard InChI is InChI=1S/C11H21O3P/c1-4-9(5-12)14-15(13)6-10-7(2)11(15)8(10)3/h7-12H,4-6H2,1-3H3/t7-,8?,9?,10?,11-,15?/m1/s1. The molecule has 4 heteroatoms. The van der Waals surface area contributed by atoms with Crippen LogP contribution < -0.4 is 0 Å². The van der Waals surface area contributed by atoms with Crippen molar-refractivity contribution in [2.24, 2.45) is 17.8 Å². The van der Waals surface area contributed by atoms with Crippen LogP contribution in [0, 0.1) is 17.8 Å². The summed E-state index contributed by atoms with van der Waals surface area (Å²) in [6.45, 7) is 6.30. The van der Waals surface area contributed by atoms with E-state index in [1.54, 1.807) is 0 Å². The molecule has 88 valence electrons. The van der Waals surface area contributed by atoms with E-state index in [9.17, 15) is 4.57 Å². The molecule has 0 radical (unpaired) electrons. The largest absolute Gasteiger partial charge is 0.394 e. The van der Waals surface area contributed by atoms with Gasteiger partial charge in [0.2, 0.25) is 7.37 Å². The average molecular weight is 232 g/mol. The van der Waals surface area contributed by atoms with E-state index in [4.69, 9.17) is 9.63 Å². The zero-order chi connectivity index (χ0) is 11.2. The Hall–Kier alpha value is 0.150. The Bertz CT molecular complexity index is 278. The highest BCUT2D eigenvalue weighted by Crippen LogP contribution is 2.75. The zero-order valence-electron chi connectivity index (χ0n) is 9.72. The number of hydrogen-bond donors (Lipinski definition) is 1. The third-order valence-electron chi connectivity index (χ3n) is 4.33. The van der Waals surface area contributed by atoms with Gasteiger partial charge >= 0.3 is 0 Å². The van der Waals surface area contributed by atoms with Gasteiger partial charge < -0.3 is 9.63 Å². The summed E-state index contributed by atoms with van der Waals surface area (Å²) in [6, 6.07) is 0. The van der Waals surface area contributed by atoms with Crippen molar-refractivity contribution in [3.63, 3.8) is 0 Å². The molecule has 3 nitrogen and oxygen atoms in total. The van der Waals surface area contributed by atoms with Crippen molar-refractivity contribution in [3.8, 4) is 0 Å². The maximum atomic E-state index is 12.6. The van der Waals surface area contributed by atoms with E-state index in [0.717, 1.165) is 12.6 Å². The minimum absolute atomic E-state index is 0.0133. The van der Waals surface area contributed by atoms with Crippen LogP contribution in [0.3, 0.4) is 0 Å². The van der Waals surface area contributed by atoms with E-state index in [0.29, 0.717) is 17.8 Å². The highest BCUT2D eigenvalue weighted by atomic mass is 31.2. The second-order valence-electron chi connectivity index (χ2n) is 5.10. The fourth-order valence-corrected chi connectivity index (χ4v) is 7.70. The van der Waals surface area contributed by atoms with Crippen molar-refractivity contribution in [1.29, 1.82) is 0 Å². The Kier molecular flexibility index (Phi) is 3.00. The fraction of sp³-hybridized carbons (Fsp3) is 1.00. The van der Waals surface area contributed by atoms with Crippen molar-refractivity contribution < 1.29 is 14.2 Å². The van der Waals surface area contributed by atoms with Gasteiger partial charge in [-0.05, 0) is 24.2 Å². The predicted octanol–water partition coefficient (Wildman–Crippen LogP) is 2.34. The first-order valence-corrected chi connectivity index (χ1v) is 7.79. The van der Waals surface area contributed by atoms with Crippen LogP contribution in [0.25, 0.3) is 0 Å². The molecular weight excluding hydrogens is 211 g/mol. The highest BCUT2D eigenvalue weighted by molar-refractivity contribution is 7.60. The minimum Gasteiger partial charge on any atom is -0.394 e. The Morgan fingerprint density at radius 2 is 2.07 bits per heavy atom. The van der Waals surface area contributed by atoms with Gasteiger partial charge in [-0.25, -0.2) is 0 Å². The average Bonchev–Trinajstić information content (AvgIpc) is 2.64. The fourth-order valence-electron chi connectivity index (χ4n) is 3.39. The maximum absolute atomic E-state index is 12.6. The van der Waals surface area contributed by atoms with Crippen LogP contribution in [0.5, 0.6) is 0 Å². The lowest BCUT2D eigenvalue weighted by Gasteiger charge is -2.40. The molecule has 15 heavy (non-hydrogen) atoms. The third kappa shape index (κ3) is 1.60. The van der Waals surface area contributed by atoms with Crippen molar-refractivity contribution in [3.05, 3.63) is 0 Å². The SMILES string of the molecule is CCC(CO)OP1(=O)CC2C(C)[C@H]1[C@@H]2C. The van der Waals surface area contributed by atoms with Crippen LogP contribution in [0.15, 0.2) is 0 Å². The lowest BCUT2D eigenvalue weighted by molar-refractivity contribution is 0.108. The van der Waals surface area contributed by atoms with Gasteiger partial charge in [0, 0.05) is 11.8 Å². The summed E-state index contributed by atoms with van der Waals surface area (Å²) in [7, 11) is -2.45. The van der Waals surface area contributed by atoms with Crippen LogP contribution in [0.4, 0.5) is 0 Å². The van der Waals surface area contributed by atoms with Crippen LogP contribution in [0.1, 0.15) is 27.2 Å². The Labute approximate surface area is 91.7 Å². The van der Waals surface area contributed by atoms with Gasteiger partial charge in [0.15, 0.2) is 0 Å². The molecule has 2 saturated heterocycles. The molecule has 0 aromatic heterocycles. The molecule has 6 atom stereocenters. The third-order valence-corrected chi connectivity index (χ3v) is 7.77. The summed E-state index contributed by atoms with van der Waals surface area (Å²) in [5.41, 5.74) is 0.267. The van der Waals surface area contributed by atoms with Crippen molar-refractivity contribution in [2.45, 2.75) is 39.0 Å². The summed E-state index contributed by atoms with van der Waals surface area (Å²) in [6.07, 6.45) is 1.26. The van der Waals surface area contributed by atoms with E-state index >= 15 is 0 Å². The normalized spacial score (nSPS) is 50.1. The summed E-state index contributed by atoms with van der Waals surface area (Å²) in [5, 5.41) is 9.09. The Morgan fingerprint density at radius 3 is 2.40 bits per heavy atom. The highest BCUT2D eigenvalue weighted by Gasteiger charge is 2.63. The molecule has 0 amide bonds. The van der Waals surface area contributed by atoms with Gasteiger partial charge in [0.25, 0.3) is 0 Å². The first-order valence-electron chi connectivity index (χ1n) is 5.91. The number of rotatable bonds is 4. The summed E-state index contributed by atoms with van der Waals surface area (Å²) in [5.74, 6) is 1.71. The predicted molar refractivity (Wildman–Crippen MR) is 60.3 cm³/mol. The monoisotopic (exact) mass is 232 g/mol. The molecule has 2 aliphatic heterocycles. The Morgan fingerprint density at radius 1 is 1.47 bits per heavy atom. The van der Waals surface area contributed by atoms with Crippen LogP contribution in [-0.2, 0) is 9.09 Å². The van der Waals surface area contributed by atoms with Crippen molar-refractivity contribution in [2.75, 3.05) is 12.8 Å². The number of aliphatic hydroxyl groups is 1. The van der Waals surface area contributed by atoms with E-state index in [-0.39, 0.29) is 18.4 Å². The molecular formula is C11H21O3P. The topological polar surface area (TPSA) is 46.5 Å². The lowest BCUT2D eigenvalue weighted by Crippen LogP contribution is -2.40. The van der Waals surface area contributed by atoms with Crippen molar-refractivity contribution in [1.82, 2.24) is 0 Å². The van der Waals surface area contributed by atoms with E-state index in [1.807, 2.05) is 6.92 Å². The molecule has 3 rings (SSSR count). The molecule has 2 bridgehead atoms. The number of hydrogen-bond acceptors (Lipinski definition) is 3.